The number of fused-ring (bicyclic) bond motifs is 1. The van der Waals surface area contributed by atoms with E-state index in [1.165, 1.54) is 16.9 Å². The summed E-state index contributed by atoms with van der Waals surface area (Å²) in [7, 11) is -5.41. The fourth-order valence-electron chi connectivity index (χ4n) is 4.61. The van der Waals surface area contributed by atoms with Gasteiger partial charge >= 0.3 is 13.8 Å². The van der Waals surface area contributed by atoms with Crippen LogP contribution >= 0.6 is 19.2 Å². The minimum absolute atomic E-state index is 0.130. The molecule has 6 N–H and O–H groups in total. The van der Waals surface area contributed by atoms with E-state index in [2.05, 4.69) is 20.1 Å². The monoisotopic (exact) mass is 604 g/mol. The molecule has 2 aromatic rings. The number of rotatable bonds is 11. The van der Waals surface area contributed by atoms with E-state index in [4.69, 9.17) is 21.1 Å². The predicted molar refractivity (Wildman–Crippen MR) is 129 cm³/mol. The van der Waals surface area contributed by atoms with Gasteiger partial charge in [-0.3, -0.25) is 4.57 Å². The molecule has 1 unspecified atom stereocenters. The van der Waals surface area contributed by atoms with Crippen LogP contribution in [0.3, 0.4) is 0 Å². The molecule has 0 radical (unpaired) electrons. The molecule has 18 heteroatoms. The number of aromatic nitrogens is 3. The third-order valence-corrected chi connectivity index (χ3v) is 8.38. The second-order valence-corrected chi connectivity index (χ2v) is 11.8. The fourth-order valence-corrected chi connectivity index (χ4v) is 5.49. The molecule has 1 saturated carbocycles. The first-order valence-corrected chi connectivity index (χ1v) is 14.0. The molecule has 0 bridgehead atoms. The molecule has 1 aliphatic heterocycles. The second kappa shape index (κ2) is 11.7. The van der Waals surface area contributed by atoms with Crippen LogP contribution in [0.4, 0.5) is 19.0 Å². The van der Waals surface area contributed by atoms with E-state index >= 15 is 0 Å². The van der Waals surface area contributed by atoms with E-state index < -0.39 is 70.1 Å². The van der Waals surface area contributed by atoms with Crippen LogP contribution in [-0.4, -0.2) is 102 Å². The number of anilines is 1. The lowest BCUT2D eigenvalue weighted by Crippen LogP contribution is -2.45. The van der Waals surface area contributed by atoms with Gasteiger partial charge < -0.3 is 44.6 Å². The zero-order valence-corrected chi connectivity index (χ0v) is 22.0. The minimum atomic E-state index is -5.41. The quantitative estimate of drug-likeness (QED) is 0.160. The number of hydrogen-bond acceptors (Lipinski definition) is 10. The first kappa shape index (κ1) is 30.4. The summed E-state index contributed by atoms with van der Waals surface area (Å²) >= 11 is 6.22. The summed E-state index contributed by atoms with van der Waals surface area (Å²) in [4.78, 5) is 23.7. The van der Waals surface area contributed by atoms with Crippen molar-refractivity contribution in [3.63, 3.8) is 0 Å². The van der Waals surface area contributed by atoms with Crippen LogP contribution in [0.25, 0.3) is 10.9 Å². The Morgan fingerprint density at radius 2 is 1.90 bits per heavy atom. The van der Waals surface area contributed by atoms with Crippen molar-refractivity contribution >= 4 is 35.9 Å². The Kier molecular flexibility index (Phi) is 9.13. The third-order valence-electron chi connectivity index (χ3n) is 6.73. The first-order valence-electron chi connectivity index (χ1n) is 12.0. The van der Waals surface area contributed by atoms with Gasteiger partial charge in [0.1, 0.15) is 35.9 Å². The normalized spacial score (nSPS) is 26.4. The lowest BCUT2D eigenvalue weighted by molar-refractivity contribution is -0.192. The Balaban J connectivity index is 1.51. The van der Waals surface area contributed by atoms with E-state index in [9.17, 15) is 42.8 Å². The molecule has 13 nitrogen and oxygen atoms in total. The van der Waals surface area contributed by atoms with Gasteiger partial charge in [-0.1, -0.05) is 24.4 Å². The third kappa shape index (κ3) is 6.67. The SMILES string of the molecule is O=P(O)(O)C(CO)(COCC(F)(F)F)OC[C@H]1O[C@@H](n2ncc3c(NC4CCCC4)nc(Cl)cc32)[C@H](O)[C@@H]1O. The van der Waals surface area contributed by atoms with Gasteiger partial charge in [0.2, 0.25) is 5.34 Å². The second-order valence-electron chi connectivity index (χ2n) is 9.55. The maximum atomic E-state index is 12.5. The predicted octanol–water partition coefficient (Wildman–Crippen LogP) is 1.52. The largest absolute Gasteiger partial charge is 0.411 e. The van der Waals surface area contributed by atoms with Crippen LogP contribution in [0.15, 0.2) is 12.3 Å². The van der Waals surface area contributed by atoms with Crippen molar-refractivity contribution in [1.82, 2.24) is 14.8 Å². The number of aliphatic hydroxyl groups is 3. The maximum Gasteiger partial charge on any atom is 0.411 e. The maximum absolute atomic E-state index is 12.5. The van der Waals surface area contributed by atoms with Gasteiger partial charge in [-0.05, 0) is 12.8 Å². The summed E-state index contributed by atoms with van der Waals surface area (Å²) in [6, 6.07) is 1.69. The summed E-state index contributed by atoms with van der Waals surface area (Å²) in [6.45, 7) is -5.39. The smallest absolute Gasteiger partial charge is 0.393 e. The molecule has 1 aliphatic carbocycles. The summed E-state index contributed by atoms with van der Waals surface area (Å²) < 4.78 is 65.9. The minimum Gasteiger partial charge on any atom is -0.393 e. The molecule has 5 atom stereocenters. The molecule has 39 heavy (non-hydrogen) atoms. The lowest BCUT2D eigenvalue weighted by atomic mass is 10.1. The van der Waals surface area contributed by atoms with Crippen LogP contribution in [-0.2, 0) is 18.8 Å². The highest BCUT2D eigenvalue weighted by molar-refractivity contribution is 7.53. The topological polar surface area (TPSA) is 189 Å². The van der Waals surface area contributed by atoms with Crippen molar-refractivity contribution in [3.05, 3.63) is 17.4 Å². The van der Waals surface area contributed by atoms with Crippen molar-refractivity contribution in [2.75, 3.05) is 31.7 Å². The molecule has 2 fully saturated rings. The van der Waals surface area contributed by atoms with Gasteiger partial charge in [-0.2, -0.15) is 18.3 Å². The van der Waals surface area contributed by atoms with E-state index in [0.717, 1.165) is 25.7 Å². The average molecular weight is 605 g/mol. The van der Waals surface area contributed by atoms with Gasteiger partial charge in [0.05, 0.1) is 36.9 Å². The highest BCUT2D eigenvalue weighted by atomic mass is 35.5. The van der Waals surface area contributed by atoms with Gasteiger partial charge in [0.25, 0.3) is 0 Å². The molecule has 0 spiro atoms. The van der Waals surface area contributed by atoms with Gasteiger partial charge in [0, 0.05) is 12.1 Å². The molecule has 2 aromatic heterocycles. The number of nitrogens with one attached hydrogen (secondary N) is 1. The molecule has 2 aliphatic rings. The van der Waals surface area contributed by atoms with Gasteiger partial charge in [-0.15, -0.1) is 0 Å². The molecule has 220 valence electrons. The summed E-state index contributed by atoms with van der Waals surface area (Å²) in [5.41, 5.74) is 0.411. The number of pyridine rings is 1. The molecular formula is C21H29ClF3N4O9P. The number of nitrogens with zero attached hydrogens (tertiary/aromatic N) is 3. The number of halogens is 4. The van der Waals surface area contributed by atoms with Gasteiger partial charge in [0.15, 0.2) is 6.23 Å². The number of aliphatic hydroxyl groups excluding tert-OH is 3. The Hall–Kier alpha value is -1.59. The highest BCUT2D eigenvalue weighted by Gasteiger charge is 2.52. The van der Waals surface area contributed by atoms with Crippen LogP contribution in [0.1, 0.15) is 31.9 Å². The molecule has 3 heterocycles. The lowest BCUT2D eigenvalue weighted by Gasteiger charge is -2.33. The average Bonchev–Trinajstić information content (AvgIpc) is 3.56. The van der Waals surface area contributed by atoms with E-state index in [1.807, 2.05) is 0 Å². The van der Waals surface area contributed by atoms with Crippen LogP contribution in [0.5, 0.6) is 0 Å². The van der Waals surface area contributed by atoms with E-state index in [0.29, 0.717) is 16.7 Å². The molecule has 0 aromatic carbocycles. The van der Waals surface area contributed by atoms with Crippen molar-refractivity contribution in [2.45, 2.75) is 67.8 Å². The summed E-state index contributed by atoms with van der Waals surface area (Å²) in [6.07, 6.45) is -5.20. The van der Waals surface area contributed by atoms with Gasteiger partial charge in [-0.25, -0.2) is 9.67 Å². The van der Waals surface area contributed by atoms with Crippen LogP contribution in [0, 0.1) is 0 Å². The standard InChI is InChI=1S/C21H29ClF3N4O9P/c22-15-5-13-12(18(28-15)27-11-3-1-2-4-11)6-26-29(13)19-17(32)16(31)14(38-19)7-37-20(8-30,39(33,34)35)9-36-10-21(23,24)25/h5-6,11,14,16-17,19,30-32H,1-4,7-10H2,(H,27,28)(H2,33,34,35)/t14-,16-,17-,19-,20?/m1/s1. The van der Waals surface area contributed by atoms with Crippen molar-refractivity contribution < 1.29 is 57.1 Å². The molecular weight excluding hydrogens is 576 g/mol. The first-order chi connectivity index (χ1) is 18.2. The Labute approximate surface area is 225 Å². The van der Waals surface area contributed by atoms with E-state index in [-0.39, 0.29) is 11.2 Å². The Morgan fingerprint density at radius 1 is 1.21 bits per heavy atom. The fraction of sp³-hybridized carbons (Fsp3) is 0.714. The van der Waals surface area contributed by atoms with Crippen LogP contribution < -0.4 is 5.32 Å². The Morgan fingerprint density at radius 3 is 2.51 bits per heavy atom. The molecule has 1 saturated heterocycles. The van der Waals surface area contributed by atoms with Crippen molar-refractivity contribution in [3.8, 4) is 0 Å². The number of alkyl halides is 3. The zero-order chi connectivity index (χ0) is 28.6. The molecule has 0 amide bonds. The number of ether oxygens (including phenoxy) is 3. The Bertz CT molecular complexity index is 1200. The van der Waals surface area contributed by atoms with Crippen molar-refractivity contribution in [1.29, 1.82) is 0 Å². The van der Waals surface area contributed by atoms with Crippen molar-refractivity contribution in [2.24, 2.45) is 0 Å². The summed E-state index contributed by atoms with van der Waals surface area (Å²) in [5, 5.41) is 36.3. The van der Waals surface area contributed by atoms with Crippen LogP contribution in [0.2, 0.25) is 5.15 Å². The number of hydrogen-bond donors (Lipinski definition) is 6. The molecule has 4 rings (SSSR count). The summed E-state index contributed by atoms with van der Waals surface area (Å²) in [5.74, 6) is 0.483. The highest BCUT2D eigenvalue weighted by Crippen LogP contribution is 2.51. The van der Waals surface area contributed by atoms with E-state index in [1.54, 1.807) is 0 Å². The zero-order valence-electron chi connectivity index (χ0n) is 20.4.